The summed E-state index contributed by atoms with van der Waals surface area (Å²) < 4.78 is 5.22. The number of rotatable bonds is 2. The highest BCUT2D eigenvalue weighted by molar-refractivity contribution is 5.34. The summed E-state index contributed by atoms with van der Waals surface area (Å²) in [5, 5.41) is 3.43. The van der Waals surface area contributed by atoms with E-state index in [2.05, 4.69) is 37.4 Å². The van der Waals surface area contributed by atoms with Crippen molar-refractivity contribution in [3.05, 3.63) is 29.8 Å². The maximum Gasteiger partial charge on any atom is 0.119 e. The fourth-order valence-electron chi connectivity index (χ4n) is 2.01. The highest BCUT2D eigenvalue weighted by Gasteiger charge is 2.38. The van der Waals surface area contributed by atoms with Gasteiger partial charge in [0.1, 0.15) is 5.75 Å². The third-order valence-electron chi connectivity index (χ3n) is 3.13. The van der Waals surface area contributed by atoms with Gasteiger partial charge in [0.05, 0.1) is 7.11 Å². The van der Waals surface area contributed by atoms with E-state index >= 15 is 0 Å². The number of nitrogens with one attached hydrogen (secondary N) is 1. The van der Waals surface area contributed by atoms with Crippen LogP contribution in [0.5, 0.6) is 5.75 Å². The molecule has 2 nitrogen and oxygen atoms in total. The van der Waals surface area contributed by atoms with Gasteiger partial charge < -0.3 is 10.1 Å². The molecular formula is C12H17NO. The van der Waals surface area contributed by atoms with Gasteiger partial charge in [0.15, 0.2) is 0 Å². The normalized spacial score (nSPS) is 24.1. The molecule has 0 amide bonds. The summed E-state index contributed by atoms with van der Waals surface area (Å²) in [5.74, 6) is 1.56. The number of methoxy groups -OCH3 is 1. The van der Waals surface area contributed by atoms with Crippen LogP contribution in [0.15, 0.2) is 24.3 Å². The number of hydrogen-bond donors (Lipinski definition) is 1. The van der Waals surface area contributed by atoms with Crippen LogP contribution in [0, 0.1) is 0 Å². The van der Waals surface area contributed by atoms with Crippen LogP contribution >= 0.6 is 0 Å². The van der Waals surface area contributed by atoms with E-state index in [1.165, 1.54) is 5.56 Å². The van der Waals surface area contributed by atoms with E-state index in [4.69, 9.17) is 4.74 Å². The Morgan fingerprint density at radius 3 is 2.71 bits per heavy atom. The maximum absolute atomic E-state index is 5.22. The maximum atomic E-state index is 5.22. The Morgan fingerprint density at radius 1 is 1.43 bits per heavy atom. The summed E-state index contributed by atoms with van der Waals surface area (Å²) >= 11 is 0. The Bertz CT molecular complexity index is 333. The highest BCUT2D eigenvalue weighted by atomic mass is 16.5. The second-order valence-corrected chi connectivity index (χ2v) is 4.43. The fourth-order valence-corrected chi connectivity index (χ4v) is 2.01. The van der Waals surface area contributed by atoms with Gasteiger partial charge in [0.2, 0.25) is 0 Å². The molecule has 0 bridgehead atoms. The van der Waals surface area contributed by atoms with Crippen LogP contribution in [0.2, 0.25) is 0 Å². The Balaban J connectivity index is 2.24. The second-order valence-electron chi connectivity index (χ2n) is 4.43. The molecule has 2 heteroatoms. The summed E-state index contributed by atoms with van der Waals surface area (Å²) in [7, 11) is 1.71. The van der Waals surface area contributed by atoms with Crippen LogP contribution in [0.1, 0.15) is 25.3 Å². The predicted molar refractivity (Wildman–Crippen MR) is 57.8 cm³/mol. The summed E-state index contributed by atoms with van der Waals surface area (Å²) in [6, 6.07) is 8.36. The lowest BCUT2D eigenvalue weighted by Crippen LogP contribution is -2.59. The molecule has 1 unspecified atom stereocenters. The van der Waals surface area contributed by atoms with Crippen LogP contribution in [-0.2, 0) is 0 Å². The van der Waals surface area contributed by atoms with Crippen molar-refractivity contribution in [1.82, 2.24) is 5.32 Å². The van der Waals surface area contributed by atoms with Crippen molar-refractivity contribution in [3.8, 4) is 5.75 Å². The molecule has 76 valence electrons. The van der Waals surface area contributed by atoms with Crippen molar-refractivity contribution < 1.29 is 4.74 Å². The number of ether oxygens (including phenoxy) is 1. The Morgan fingerprint density at radius 2 is 2.21 bits per heavy atom. The van der Waals surface area contributed by atoms with Gasteiger partial charge in [-0.15, -0.1) is 0 Å². The zero-order valence-corrected chi connectivity index (χ0v) is 9.00. The van der Waals surface area contributed by atoms with Crippen LogP contribution in [-0.4, -0.2) is 19.2 Å². The quantitative estimate of drug-likeness (QED) is 0.773. The molecule has 1 fully saturated rings. The van der Waals surface area contributed by atoms with E-state index in [0.29, 0.717) is 5.92 Å². The molecule has 1 aromatic rings. The molecule has 0 aliphatic carbocycles. The number of hydrogen-bond acceptors (Lipinski definition) is 2. The van der Waals surface area contributed by atoms with E-state index in [0.717, 1.165) is 12.3 Å². The molecule has 0 radical (unpaired) electrons. The first-order valence-electron chi connectivity index (χ1n) is 5.02. The molecule has 1 heterocycles. The van der Waals surface area contributed by atoms with E-state index in [1.807, 2.05) is 6.07 Å². The third kappa shape index (κ3) is 1.50. The van der Waals surface area contributed by atoms with E-state index in [-0.39, 0.29) is 5.54 Å². The third-order valence-corrected chi connectivity index (χ3v) is 3.13. The number of benzene rings is 1. The van der Waals surface area contributed by atoms with Gasteiger partial charge >= 0.3 is 0 Å². The van der Waals surface area contributed by atoms with Gasteiger partial charge in [-0.25, -0.2) is 0 Å². The van der Waals surface area contributed by atoms with Crippen molar-refractivity contribution >= 4 is 0 Å². The SMILES string of the molecule is COc1cccc(C2CNC2(C)C)c1. The van der Waals surface area contributed by atoms with E-state index < -0.39 is 0 Å². The minimum absolute atomic E-state index is 0.229. The van der Waals surface area contributed by atoms with Crippen molar-refractivity contribution in [1.29, 1.82) is 0 Å². The lowest BCUT2D eigenvalue weighted by atomic mass is 9.75. The van der Waals surface area contributed by atoms with Crippen LogP contribution in [0.3, 0.4) is 0 Å². The fraction of sp³-hybridized carbons (Fsp3) is 0.500. The minimum Gasteiger partial charge on any atom is -0.497 e. The topological polar surface area (TPSA) is 21.3 Å². The molecule has 1 saturated heterocycles. The zero-order chi connectivity index (χ0) is 10.2. The first-order valence-corrected chi connectivity index (χ1v) is 5.02. The van der Waals surface area contributed by atoms with Crippen LogP contribution < -0.4 is 10.1 Å². The van der Waals surface area contributed by atoms with Gasteiger partial charge in [-0.2, -0.15) is 0 Å². The molecule has 1 atom stereocenters. The van der Waals surface area contributed by atoms with Crippen molar-refractivity contribution in [2.45, 2.75) is 25.3 Å². The van der Waals surface area contributed by atoms with E-state index in [1.54, 1.807) is 7.11 Å². The molecule has 1 aliphatic heterocycles. The first kappa shape index (κ1) is 9.53. The summed E-state index contributed by atoms with van der Waals surface area (Å²) in [6.07, 6.45) is 0. The molecule has 2 rings (SSSR count). The van der Waals surface area contributed by atoms with Gasteiger partial charge in [-0.05, 0) is 31.5 Å². The molecule has 0 saturated carbocycles. The average molecular weight is 191 g/mol. The molecule has 1 aromatic carbocycles. The zero-order valence-electron chi connectivity index (χ0n) is 9.00. The van der Waals surface area contributed by atoms with Crippen LogP contribution in [0.25, 0.3) is 0 Å². The summed E-state index contributed by atoms with van der Waals surface area (Å²) in [4.78, 5) is 0. The molecule has 1 N–H and O–H groups in total. The molecule has 0 aromatic heterocycles. The monoisotopic (exact) mass is 191 g/mol. The minimum atomic E-state index is 0.229. The molecule has 14 heavy (non-hydrogen) atoms. The Labute approximate surface area is 85.3 Å². The smallest absolute Gasteiger partial charge is 0.119 e. The second kappa shape index (κ2) is 3.28. The van der Waals surface area contributed by atoms with Gasteiger partial charge in [0.25, 0.3) is 0 Å². The first-order chi connectivity index (χ1) is 6.63. The van der Waals surface area contributed by atoms with Gasteiger partial charge in [0, 0.05) is 18.0 Å². The lowest BCUT2D eigenvalue weighted by Gasteiger charge is -2.46. The van der Waals surface area contributed by atoms with Crippen molar-refractivity contribution in [2.24, 2.45) is 0 Å². The highest BCUT2D eigenvalue weighted by Crippen LogP contribution is 2.35. The van der Waals surface area contributed by atoms with Gasteiger partial charge in [-0.1, -0.05) is 12.1 Å². The molecular weight excluding hydrogens is 174 g/mol. The summed E-state index contributed by atoms with van der Waals surface area (Å²) in [6.45, 7) is 5.54. The largest absolute Gasteiger partial charge is 0.497 e. The van der Waals surface area contributed by atoms with Crippen molar-refractivity contribution in [2.75, 3.05) is 13.7 Å². The molecule has 0 spiro atoms. The molecule has 1 aliphatic rings. The predicted octanol–water partition coefficient (Wildman–Crippen LogP) is 2.16. The summed E-state index contributed by atoms with van der Waals surface area (Å²) in [5.41, 5.74) is 1.60. The average Bonchev–Trinajstić information content (AvgIpc) is 2.17. The Hall–Kier alpha value is -1.02. The standard InChI is InChI=1S/C12H17NO/c1-12(2)11(8-13-12)9-5-4-6-10(7-9)14-3/h4-7,11,13H,8H2,1-3H3. The Kier molecular flexibility index (Phi) is 2.23. The van der Waals surface area contributed by atoms with Crippen LogP contribution in [0.4, 0.5) is 0 Å². The van der Waals surface area contributed by atoms with E-state index in [9.17, 15) is 0 Å². The van der Waals surface area contributed by atoms with Gasteiger partial charge in [-0.3, -0.25) is 0 Å². The lowest BCUT2D eigenvalue weighted by molar-refractivity contribution is 0.208. The van der Waals surface area contributed by atoms with Crippen molar-refractivity contribution in [3.63, 3.8) is 0 Å².